The molecule has 0 bridgehead atoms. The first-order valence-corrected chi connectivity index (χ1v) is 10.0. The van der Waals surface area contributed by atoms with Crippen molar-refractivity contribution in [3.8, 4) is 0 Å². The fourth-order valence-electron chi connectivity index (χ4n) is 2.25. The summed E-state index contributed by atoms with van der Waals surface area (Å²) in [4.78, 5) is 22.5. The Morgan fingerprint density at radius 1 is 1.11 bits per heavy atom. The van der Waals surface area contributed by atoms with Gasteiger partial charge in [-0.15, -0.1) is 10.2 Å². The van der Waals surface area contributed by atoms with Crippen LogP contribution in [0.4, 0.5) is 16.5 Å². The zero-order chi connectivity index (χ0) is 20.3. The molecule has 0 aliphatic rings. The Balaban J connectivity index is 1.80. The smallest absolute Gasteiger partial charge is 0.291 e. The van der Waals surface area contributed by atoms with Crippen LogP contribution in [0.2, 0.25) is 0 Å². The summed E-state index contributed by atoms with van der Waals surface area (Å²) in [6.07, 6.45) is 0. The average molecular weight is 419 g/mol. The van der Waals surface area contributed by atoms with Gasteiger partial charge >= 0.3 is 0 Å². The highest BCUT2D eigenvalue weighted by Gasteiger charge is 2.24. The fourth-order valence-corrected chi connectivity index (χ4v) is 4.27. The Labute approximate surface area is 163 Å². The number of anilines is 2. The first-order valence-electron chi connectivity index (χ1n) is 7.74. The number of nitrogens with zero attached hydrogens (tertiary/aromatic N) is 3. The van der Waals surface area contributed by atoms with E-state index in [2.05, 4.69) is 20.2 Å². The average Bonchev–Trinajstić information content (AvgIpc) is 3.13. The second-order valence-corrected chi connectivity index (χ2v) is 8.34. The molecule has 2 N–H and O–H groups in total. The van der Waals surface area contributed by atoms with E-state index in [1.165, 1.54) is 25.1 Å². The SMILES string of the molecule is Cc1c(NS(=O)(=O)c2nnc(NC(=O)c3ccccc3)s2)cccc1[N+](=O)[O-]. The van der Waals surface area contributed by atoms with E-state index in [0.29, 0.717) is 16.9 Å². The van der Waals surface area contributed by atoms with Gasteiger partial charge in [0.1, 0.15) is 0 Å². The number of hydrogen-bond acceptors (Lipinski definition) is 8. The number of nitro benzene ring substituents is 1. The lowest BCUT2D eigenvalue weighted by Crippen LogP contribution is -2.14. The van der Waals surface area contributed by atoms with Crippen molar-refractivity contribution in [1.29, 1.82) is 0 Å². The zero-order valence-electron chi connectivity index (χ0n) is 14.3. The van der Waals surface area contributed by atoms with Crippen molar-refractivity contribution in [3.63, 3.8) is 0 Å². The van der Waals surface area contributed by atoms with Crippen molar-refractivity contribution >= 4 is 43.8 Å². The molecule has 0 aliphatic carbocycles. The van der Waals surface area contributed by atoms with Crippen LogP contribution in [0.15, 0.2) is 52.9 Å². The van der Waals surface area contributed by atoms with Crippen LogP contribution < -0.4 is 10.0 Å². The summed E-state index contributed by atoms with van der Waals surface area (Å²) >= 11 is 0.660. The number of hydrogen-bond donors (Lipinski definition) is 2. The zero-order valence-corrected chi connectivity index (χ0v) is 16.0. The minimum absolute atomic E-state index is 0.00462. The Kier molecular flexibility index (Phi) is 5.33. The maximum absolute atomic E-state index is 12.5. The predicted octanol–water partition coefficient (Wildman–Crippen LogP) is 2.81. The van der Waals surface area contributed by atoms with Gasteiger partial charge in [0, 0.05) is 11.6 Å². The molecule has 2 aromatic carbocycles. The topological polar surface area (TPSA) is 144 Å². The van der Waals surface area contributed by atoms with E-state index in [-0.39, 0.29) is 26.4 Å². The normalized spacial score (nSPS) is 11.0. The van der Waals surface area contributed by atoms with Crippen LogP contribution in [0, 0.1) is 17.0 Å². The summed E-state index contributed by atoms with van der Waals surface area (Å²) in [5.41, 5.74) is 0.387. The van der Waals surface area contributed by atoms with Gasteiger partial charge in [-0.2, -0.15) is 8.42 Å². The van der Waals surface area contributed by atoms with Crippen molar-refractivity contribution < 1.29 is 18.1 Å². The van der Waals surface area contributed by atoms with Crippen LogP contribution in [-0.4, -0.2) is 29.4 Å². The standard InChI is InChI=1S/C16H13N5O5S2/c1-10-12(8-5-9-13(10)21(23)24)20-28(25,26)16-19-18-15(27-16)17-14(22)11-6-3-2-4-7-11/h2-9,20H,1H3,(H,17,18,22). The van der Waals surface area contributed by atoms with Crippen LogP contribution >= 0.6 is 11.3 Å². The molecule has 0 atom stereocenters. The maximum atomic E-state index is 12.5. The predicted molar refractivity (Wildman–Crippen MR) is 103 cm³/mol. The van der Waals surface area contributed by atoms with E-state index in [1.54, 1.807) is 30.3 Å². The van der Waals surface area contributed by atoms with Gasteiger partial charge in [0.2, 0.25) is 5.13 Å². The van der Waals surface area contributed by atoms with E-state index in [9.17, 15) is 23.3 Å². The molecule has 10 nitrogen and oxygen atoms in total. The molecular weight excluding hydrogens is 406 g/mol. The molecule has 0 spiro atoms. The summed E-state index contributed by atoms with van der Waals surface area (Å²) < 4.78 is 26.9. The number of sulfonamides is 1. The van der Waals surface area contributed by atoms with Crippen molar-refractivity contribution in [2.24, 2.45) is 0 Å². The van der Waals surface area contributed by atoms with Gasteiger partial charge in [0.25, 0.3) is 26.0 Å². The second-order valence-electron chi connectivity index (χ2n) is 5.51. The summed E-state index contributed by atoms with van der Waals surface area (Å²) in [7, 11) is -4.14. The van der Waals surface area contributed by atoms with Gasteiger partial charge in [0.05, 0.1) is 16.2 Å². The van der Waals surface area contributed by atoms with E-state index < -0.39 is 20.9 Å². The summed E-state index contributed by atoms with van der Waals surface area (Å²) in [6, 6.07) is 12.4. The Morgan fingerprint density at radius 2 is 1.82 bits per heavy atom. The van der Waals surface area contributed by atoms with Crippen molar-refractivity contribution in [2.45, 2.75) is 11.3 Å². The van der Waals surface area contributed by atoms with Crippen LogP contribution in [0.5, 0.6) is 0 Å². The van der Waals surface area contributed by atoms with E-state index >= 15 is 0 Å². The highest BCUT2D eigenvalue weighted by Crippen LogP contribution is 2.28. The first-order chi connectivity index (χ1) is 13.3. The molecule has 3 aromatic rings. The molecule has 1 aromatic heterocycles. The quantitative estimate of drug-likeness (QED) is 0.355. The molecule has 0 aliphatic heterocycles. The molecule has 1 amide bonds. The molecule has 0 radical (unpaired) electrons. The Hall–Kier alpha value is -3.38. The van der Waals surface area contributed by atoms with E-state index in [0.717, 1.165) is 0 Å². The number of carbonyl (C=O) groups is 1. The van der Waals surface area contributed by atoms with Gasteiger partial charge in [-0.1, -0.05) is 35.6 Å². The van der Waals surface area contributed by atoms with Gasteiger partial charge < -0.3 is 0 Å². The van der Waals surface area contributed by atoms with Crippen LogP contribution in [0.25, 0.3) is 0 Å². The van der Waals surface area contributed by atoms with Crippen LogP contribution in [0.3, 0.4) is 0 Å². The monoisotopic (exact) mass is 419 g/mol. The van der Waals surface area contributed by atoms with Crippen molar-refractivity contribution in [1.82, 2.24) is 10.2 Å². The first kappa shape index (κ1) is 19.4. The Morgan fingerprint density at radius 3 is 2.50 bits per heavy atom. The minimum atomic E-state index is -4.14. The molecule has 144 valence electrons. The molecular formula is C16H13N5O5S2. The fraction of sp³-hybridized carbons (Fsp3) is 0.0625. The molecule has 0 saturated carbocycles. The van der Waals surface area contributed by atoms with E-state index in [4.69, 9.17) is 0 Å². The molecule has 12 heteroatoms. The molecule has 3 rings (SSSR count). The number of nitro groups is 1. The highest BCUT2D eigenvalue weighted by molar-refractivity contribution is 7.94. The molecule has 28 heavy (non-hydrogen) atoms. The summed E-state index contributed by atoms with van der Waals surface area (Å²) in [5, 5.41) is 20.7. The molecule has 0 unspecified atom stereocenters. The number of nitrogens with one attached hydrogen (secondary N) is 2. The second kappa shape index (κ2) is 7.70. The lowest BCUT2D eigenvalue weighted by Gasteiger charge is -2.08. The van der Waals surface area contributed by atoms with Gasteiger partial charge in [-0.3, -0.25) is 24.9 Å². The summed E-state index contributed by atoms with van der Waals surface area (Å²) in [5.74, 6) is -0.455. The maximum Gasteiger partial charge on any atom is 0.291 e. The van der Waals surface area contributed by atoms with Crippen LogP contribution in [-0.2, 0) is 10.0 Å². The van der Waals surface area contributed by atoms with Crippen molar-refractivity contribution in [2.75, 3.05) is 10.0 Å². The summed E-state index contributed by atoms with van der Waals surface area (Å²) in [6.45, 7) is 1.43. The third kappa shape index (κ3) is 4.13. The molecule has 0 fully saturated rings. The number of rotatable bonds is 6. The number of benzene rings is 2. The van der Waals surface area contributed by atoms with Gasteiger partial charge in [0.15, 0.2) is 0 Å². The van der Waals surface area contributed by atoms with Gasteiger partial charge in [-0.05, 0) is 25.1 Å². The minimum Gasteiger partial charge on any atom is -0.296 e. The largest absolute Gasteiger partial charge is 0.296 e. The number of carbonyl (C=O) groups excluding carboxylic acids is 1. The van der Waals surface area contributed by atoms with E-state index in [1.807, 2.05) is 0 Å². The van der Waals surface area contributed by atoms with Crippen LogP contribution in [0.1, 0.15) is 15.9 Å². The molecule has 1 heterocycles. The number of aromatic nitrogens is 2. The number of amides is 1. The molecule has 0 saturated heterocycles. The Bertz CT molecular complexity index is 1150. The lowest BCUT2D eigenvalue weighted by atomic mass is 10.2. The highest BCUT2D eigenvalue weighted by atomic mass is 32.2. The third-order valence-corrected chi connectivity index (χ3v) is 6.21. The third-order valence-electron chi connectivity index (χ3n) is 3.64. The lowest BCUT2D eigenvalue weighted by molar-refractivity contribution is -0.385. The van der Waals surface area contributed by atoms with Gasteiger partial charge in [-0.25, -0.2) is 0 Å². The van der Waals surface area contributed by atoms with Crippen molar-refractivity contribution in [3.05, 3.63) is 69.8 Å².